The second-order valence-corrected chi connectivity index (χ2v) is 6.28. The molecular weight excluding hydrogens is 236 g/mol. The lowest BCUT2D eigenvalue weighted by atomic mass is 9.89. The monoisotopic (exact) mass is 270 g/mol. The van der Waals surface area contributed by atoms with Gasteiger partial charge in [0.25, 0.3) is 0 Å². The van der Waals surface area contributed by atoms with E-state index in [0.29, 0.717) is 6.04 Å². The maximum atomic E-state index is 10.3. The van der Waals surface area contributed by atoms with Crippen LogP contribution in [0.4, 0.5) is 0 Å². The van der Waals surface area contributed by atoms with E-state index in [1.165, 1.54) is 38.9 Å². The van der Waals surface area contributed by atoms with Crippen molar-refractivity contribution in [3.8, 4) is 0 Å². The minimum atomic E-state index is -0.517. The summed E-state index contributed by atoms with van der Waals surface area (Å²) in [7, 11) is 0. The lowest BCUT2D eigenvalue weighted by molar-refractivity contribution is 0.0267. The van der Waals surface area contributed by atoms with Crippen molar-refractivity contribution in [1.82, 2.24) is 10.2 Å². The number of piperidine rings is 1. The normalized spacial score (nSPS) is 20.7. The molecule has 0 bridgehead atoms. The Kier molecular flexibility index (Phi) is 7.33. The zero-order valence-corrected chi connectivity index (χ0v) is 13.4. The van der Waals surface area contributed by atoms with Gasteiger partial charge in [0.05, 0.1) is 5.60 Å². The first-order valence-electron chi connectivity index (χ1n) is 8.22. The Labute approximate surface area is 119 Å². The molecule has 0 aromatic carbocycles. The summed E-state index contributed by atoms with van der Waals surface area (Å²) in [6.45, 7) is 13.2. The molecule has 0 spiro atoms. The van der Waals surface area contributed by atoms with Crippen molar-refractivity contribution in [3.05, 3.63) is 0 Å². The topological polar surface area (TPSA) is 35.5 Å². The highest BCUT2D eigenvalue weighted by molar-refractivity contribution is 4.84. The Morgan fingerprint density at radius 1 is 1.21 bits per heavy atom. The van der Waals surface area contributed by atoms with Gasteiger partial charge in [-0.25, -0.2) is 0 Å². The van der Waals surface area contributed by atoms with Gasteiger partial charge in [-0.3, -0.25) is 0 Å². The van der Waals surface area contributed by atoms with Crippen LogP contribution < -0.4 is 5.32 Å². The van der Waals surface area contributed by atoms with Gasteiger partial charge >= 0.3 is 0 Å². The van der Waals surface area contributed by atoms with Gasteiger partial charge in [-0.1, -0.05) is 20.8 Å². The summed E-state index contributed by atoms with van der Waals surface area (Å²) in [5.74, 6) is 0.770. The van der Waals surface area contributed by atoms with Crippen LogP contribution in [0.15, 0.2) is 0 Å². The van der Waals surface area contributed by atoms with Crippen molar-refractivity contribution >= 4 is 0 Å². The van der Waals surface area contributed by atoms with E-state index in [4.69, 9.17) is 0 Å². The van der Waals surface area contributed by atoms with Crippen LogP contribution in [0.25, 0.3) is 0 Å². The third-order valence-corrected chi connectivity index (χ3v) is 4.95. The number of hydrogen-bond acceptors (Lipinski definition) is 3. The van der Waals surface area contributed by atoms with Gasteiger partial charge in [0, 0.05) is 12.6 Å². The summed E-state index contributed by atoms with van der Waals surface area (Å²) >= 11 is 0. The van der Waals surface area contributed by atoms with Crippen LogP contribution in [0.2, 0.25) is 0 Å². The molecule has 1 aliphatic heterocycles. The molecule has 1 saturated heterocycles. The molecule has 1 aliphatic rings. The van der Waals surface area contributed by atoms with Crippen LogP contribution in [0.1, 0.15) is 59.8 Å². The highest BCUT2D eigenvalue weighted by Gasteiger charge is 2.27. The third kappa shape index (κ3) is 5.41. The molecular formula is C16H34N2O. The third-order valence-electron chi connectivity index (χ3n) is 4.95. The molecule has 3 nitrogen and oxygen atoms in total. The molecule has 0 aliphatic carbocycles. The number of rotatable bonds is 8. The minimum Gasteiger partial charge on any atom is -0.389 e. The molecule has 1 atom stereocenters. The lowest BCUT2D eigenvalue weighted by Crippen LogP contribution is -2.47. The van der Waals surface area contributed by atoms with Crippen molar-refractivity contribution in [2.24, 2.45) is 5.92 Å². The van der Waals surface area contributed by atoms with Crippen molar-refractivity contribution in [3.63, 3.8) is 0 Å². The van der Waals surface area contributed by atoms with Gasteiger partial charge in [-0.05, 0) is 64.6 Å². The molecule has 1 rings (SSSR count). The molecule has 1 unspecified atom stereocenters. The first-order chi connectivity index (χ1) is 9.04. The molecule has 3 heteroatoms. The van der Waals surface area contributed by atoms with E-state index in [2.05, 4.69) is 37.9 Å². The van der Waals surface area contributed by atoms with Gasteiger partial charge in [-0.15, -0.1) is 0 Å². The fraction of sp³-hybridized carbons (Fsp3) is 1.00. The van der Waals surface area contributed by atoms with E-state index in [1.807, 2.05) is 0 Å². The van der Waals surface area contributed by atoms with Crippen molar-refractivity contribution in [2.75, 3.05) is 26.2 Å². The summed E-state index contributed by atoms with van der Waals surface area (Å²) in [5.41, 5.74) is -0.517. The molecule has 2 N–H and O–H groups in total. The summed E-state index contributed by atoms with van der Waals surface area (Å²) in [5, 5.41) is 13.9. The van der Waals surface area contributed by atoms with Gasteiger partial charge < -0.3 is 15.3 Å². The maximum absolute atomic E-state index is 10.3. The van der Waals surface area contributed by atoms with Gasteiger partial charge in [0.1, 0.15) is 0 Å². The van der Waals surface area contributed by atoms with Crippen LogP contribution in [0.3, 0.4) is 0 Å². The summed E-state index contributed by atoms with van der Waals surface area (Å²) in [6.07, 6.45) is 5.52. The predicted molar refractivity (Wildman–Crippen MR) is 82.5 cm³/mol. The Balaban J connectivity index is 2.29. The molecule has 0 aromatic heterocycles. The second-order valence-electron chi connectivity index (χ2n) is 6.28. The van der Waals surface area contributed by atoms with E-state index in [9.17, 15) is 5.11 Å². The number of nitrogens with one attached hydrogen (secondary N) is 1. The van der Waals surface area contributed by atoms with E-state index < -0.39 is 5.60 Å². The molecule has 0 radical (unpaired) electrons. The molecule has 0 aromatic rings. The maximum Gasteiger partial charge on any atom is 0.0766 e. The quantitative estimate of drug-likeness (QED) is 0.712. The lowest BCUT2D eigenvalue weighted by Gasteiger charge is -2.36. The predicted octanol–water partition coefficient (Wildman–Crippen LogP) is 2.64. The molecule has 19 heavy (non-hydrogen) atoms. The minimum absolute atomic E-state index is 0.517. The van der Waals surface area contributed by atoms with Gasteiger partial charge in [-0.2, -0.15) is 0 Å². The number of aliphatic hydroxyl groups is 1. The smallest absolute Gasteiger partial charge is 0.0766 e. The van der Waals surface area contributed by atoms with E-state index in [-0.39, 0.29) is 0 Å². The summed E-state index contributed by atoms with van der Waals surface area (Å²) in [4.78, 5) is 2.58. The highest BCUT2D eigenvalue weighted by atomic mass is 16.3. The first-order valence-corrected chi connectivity index (χ1v) is 8.22. The van der Waals surface area contributed by atoms with E-state index in [0.717, 1.165) is 25.3 Å². The highest BCUT2D eigenvalue weighted by Crippen LogP contribution is 2.21. The summed E-state index contributed by atoms with van der Waals surface area (Å²) < 4.78 is 0. The van der Waals surface area contributed by atoms with E-state index in [1.54, 1.807) is 0 Å². The number of hydrogen-bond donors (Lipinski definition) is 2. The summed E-state index contributed by atoms with van der Waals surface area (Å²) in [6, 6.07) is 0.522. The average molecular weight is 270 g/mol. The fourth-order valence-corrected chi connectivity index (χ4v) is 3.01. The Hall–Kier alpha value is -0.120. The van der Waals surface area contributed by atoms with Gasteiger partial charge in [0.15, 0.2) is 0 Å². The Bertz CT molecular complexity index is 233. The van der Waals surface area contributed by atoms with Crippen LogP contribution in [-0.2, 0) is 0 Å². The number of likely N-dealkylation sites (tertiary alicyclic amines) is 1. The molecule has 0 saturated carbocycles. The largest absolute Gasteiger partial charge is 0.389 e. The van der Waals surface area contributed by atoms with Crippen molar-refractivity contribution < 1.29 is 5.11 Å². The number of nitrogens with zero attached hydrogens (tertiary/aromatic N) is 1. The molecule has 114 valence electrons. The van der Waals surface area contributed by atoms with E-state index >= 15 is 0 Å². The molecule has 1 fully saturated rings. The van der Waals surface area contributed by atoms with Crippen LogP contribution in [-0.4, -0.2) is 47.8 Å². The standard InChI is InChI=1S/C16H34N2O/c1-5-10-18-11-8-15(9-12-18)14(4)17-13-16(19,6-2)7-3/h14-15,17,19H,5-13H2,1-4H3. The first kappa shape index (κ1) is 16.9. The van der Waals surface area contributed by atoms with Gasteiger partial charge in [0.2, 0.25) is 0 Å². The molecule has 0 amide bonds. The van der Waals surface area contributed by atoms with Crippen molar-refractivity contribution in [2.45, 2.75) is 71.4 Å². The Morgan fingerprint density at radius 3 is 2.26 bits per heavy atom. The Morgan fingerprint density at radius 2 is 1.79 bits per heavy atom. The van der Waals surface area contributed by atoms with Crippen LogP contribution in [0.5, 0.6) is 0 Å². The van der Waals surface area contributed by atoms with Crippen LogP contribution in [0, 0.1) is 5.92 Å². The zero-order valence-electron chi connectivity index (χ0n) is 13.4. The molecule has 1 heterocycles. The van der Waals surface area contributed by atoms with Crippen molar-refractivity contribution in [1.29, 1.82) is 0 Å². The zero-order chi connectivity index (χ0) is 14.3. The average Bonchev–Trinajstić information content (AvgIpc) is 2.45. The SMILES string of the molecule is CCCN1CCC(C(C)NCC(O)(CC)CC)CC1. The second kappa shape index (κ2) is 8.23. The van der Waals surface area contributed by atoms with Crippen LogP contribution >= 0.6 is 0 Å². The fourth-order valence-electron chi connectivity index (χ4n) is 3.01.